The predicted octanol–water partition coefficient (Wildman–Crippen LogP) is 1.83. The van der Waals surface area contributed by atoms with Crippen LogP contribution in [0.25, 0.3) is 0 Å². The van der Waals surface area contributed by atoms with Gasteiger partial charge in [0.05, 0.1) is 18.2 Å². The van der Waals surface area contributed by atoms with Gasteiger partial charge in [0.1, 0.15) is 6.07 Å². The summed E-state index contributed by atoms with van der Waals surface area (Å²) in [6, 6.07) is 1.36. The molecule has 1 aromatic heterocycles. The van der Waals surface area contributed by atoms with E-state index < -0.39 is 37.4 Å². The Morgan fingerprint density at radius 3 is 2.53 bits per heavy atom. The molecule has 0 saturated heterocycles. The first kappa shape index (κ1) is 13.6. The van der Waals surface area contributed by atoms with Gasteiger partial charge in [-0.2, -0.15) is 5.26 Å². The normalized spacial score (nSPS) is 11.3. The van der Waals surface area contributed by atoms with Crippen molar-refractivity contribution in [3.05, 3.63) is 17.3 Å². The molecule has 0 amide bonds. The van der Waals surface area contributed by atoms with E-state index in [1.807, 2.05) is 0 Å². The molecule has 0 radical (unpaired) electrons. The fraction of sp³-hybridized carbons (Fsp3) is 0.250. The van der Waals surface area contributed by atoms with Gasteiger partial charge in [-0.1, -0.05) is 0 Å². The Morgan fingerprint density at radius 2 is 2.18 bits per heavy atom. The van der Waals surface area contributed by atoms with Gasteiger partial charge in [0, 0.05) is 16.9 Å². The molecule has 0 aliphatic heterocycles. The number of nitriles is 1. The molecule has 92 valence electrons. The lowest BCUT2D eigenvalue weighted by atomic mass is 10.1. The molecular weight excluding hydrogens is 278 g/mol. The third-order valence-corrected chi connectivity index (χ3v) is 3.14. The number of pyridine rings is 1. The van der Waals surface area contributed by atoms with Crippen LogP contribution in [0.15, 0.2) is 11.1 Å². The van der Waals surface area contributed by atoms with E-state index >= 15 is 0 Å². The second-order valence-corrected chi connectivity index (χ2v) is 5.28. The lowest BCUT2D eigenvalue weighted by Crippen LogP contribution is -2.05. The minimum atomic E-state index is -4.42. The van der Waals surface area contributed by atoms with Crippen molar-refractivity contribution in [3.8, 4) is 11.9 Å². The van der Waals surface area contributed by atoms with Crippen LogP contribution in [-0.2, 0) is 9.05 Å². The number of methoxy groups -OCH3 is 1. The fourth-order valence-electron chi connectivity index (χ4n) is 1.14. The molecule has 0 N–H and O–H groups in total. The summed E-state index contributed by atoms with van der Waals surface area (Å²) in [7, 11) is 1.72. The molecule has 1 rings (SSSR count). The Hall–Kier alpha value is -1.46. The Kier molecular flexibility index (Phi) is 3.85. The zero-order chi connectivity index (χ0) is 13.2. The number of halogens is 3. The predicted molar refractivity (Wildman–Crippen MR) is 53.5 cm³/mol. The monoisotopic (exact) mass is 282 g/mol. The molecular formula is C8H5ClF2N2O3S. The molecule has 1 aromatic rings. The van der Waals surface area contributed by atoms with Crippen molar-refractivity contribution in [2.45, 2.75) is 11.3 Å². The molecule has 0 aromatic carbocycles. The lowest BCUT2D eigenvalue weighted by molar-refractivity contribution is 0.150. The summed E-state index contributed by atoms with van der Waals surface area (Å²) in [6.45, 7) is 0. The lowest BCUT2D eigenvalue weighted by Gasteiger charge is -2.09. The summed E-state index contributed by atoms with van der Waals surface area (Å²) in [6.07, 6.45) is -2.37. The van der Waals surface area contributed by atoms with Gasteiger partial charge in [-0.05, 0) is 0 Å². The highest BCUT2D eigenvalue weighted by atomic mass is 35.7. The Morgan fingerprint density at radius 1 is 1.59 bits per heavy atom. The first-order valence-corrected chi connectivity index (χ1v) is 6.33. The van der Waals surface area contributed by atoms with E-state index in [-0.39, 0.29) is 0 Å². The average Bonchev–Trinajstić information content (AvgIpc) is 2.25. The van der Waals surface area contributed by atoms with Gasteiger partial charge in [0.25, 0.3) is 15.5 Å². The molecule has 0 unspecified atom stereocenters. The van der Waals surface area contributed by atoms with E-state index in [0.29, 0.717) is 6.20 Å². The fourth-order valence-corrected chi connectivity index (χ4v) is 2.32. The van der Waals surface area contributed by atoms with Crippen molar-refractivity contribution >= 4 is 19.7 Å². The van der Waals surface area contributed by atoms with Crippen molar-refractivity contribution in [2.75, 3.05) is 7.11 Å². The van der Waals surface area contributed by atoms with Crippen molar-refractivity contribution in [2.24, 2.45) is 0 Å². The zero-order valence-corrected chi connectivity index (χ0v) is 9.89. The molecule has 0 aliphatic rings. The number of ether oxygens (including phenoxy) is 1. The molecule has 9 heteroatoms. The van der Waals surface area contributed by atoms with Crippen LogP contribution in [0.3, 0.4) is 0 Å². The summed E-state index contributed by atoms with van der Waals surface area (Å²) < 4.78 is 52.1. The molecule has 0 spiro atoms. The van der Waals surface area contributed by atoms with Crippen LogP contribution in [0.1, 0.15) is 17.6 Å². The molecule has 1 heterocycles. The number of aromatic nitrogens is 1. The van der Waals surface area contributed by atoms with Crippen LogP contribution in [0.4, 0.5) is 8.78 Å². The highest BCUT2D eigenvalue weighted by Crippen LogP contribution is 2.33. The maximum atomic E-state index is 12.5. The maximum Gasteiger partial charge on any atom is 0.268 e. The Bertz CT molecular complexity index is 583. The van der Waals surface area contributed by atoms with Crippen molar-refractivity contribution in [3.63, 3.8) is 0 Å². The van der Waals surface area contributed by atoms with Gasteiger partial charge >= 0.3 is 0 Å². The van der Waals surface area contributed by atoms with Crippen molar-refractivity contribution in [1.82, 2.24) is 4.98 Å². The standard InChI is InChI=1S/C8H5ClF2N2O3S/c1-16-8-6(17(9,14)15)4(2-12)5(3-13-8)7(10)11/h3,7H,1H3. The van der Waals surface area contributed by atoms with Crippen LogP contribution in [-0.4, -0.2) is 20.5 Å². The first-order chi connectivity index (χ1) is 7.82. The second kappa shape index (κ2) is 4.81. The van der Waals surface area contributed by atoms with Crippen LogP contribution in [0.2, 0.25) is 0 Å². The summed E-state index contributed by atoms with van der Waals surface area (Å²) >= 11 is 0. The largest absolute Gasteiger partial charge is 0.480 e. The number of hydrogen-bond acceptors (Lipinski definition) is 5. The molecule has 0 saturated carbocycles. The Balaban J connectivity index is 3.75. The third kappa shape index (κ3) is 2.62. The van der Waals surface area contributed by atoms with E-state index in [0.717, 1.165) is 7.11 Å². The molecule has 17 heavy (non-hydrogen) atoms. The first-order valence-electron chi connectivity index (χ1n) is 4.02. The third-order valence-electron chi connectivity index (χ3n) is 1.81. The van der Waals surface area contributed by atoms with E-state index in [2.05, 4.69) is 9.72 Å². The van der Waals surface area contributed by atoms with E-state index in [4.69, 9.17) is 15.9 Å². The van der Waals surface area contributed by atoms with Crippen LogP contribution in [0, 0.1) is 11.3 Å². The van der Waals surface area contributed by atoms with Crippen LogP contribution < -0.4 is 4.74 Å². The van der Waals surface area contributed by atoms with Gasteiger partial charge in [-0.25, -0.2) is 22.2 Å². The van der Waals surface area contributed by atoms with E-state index in [9.17, 15) is 17.2 Å². The number of alkyl halides is 2. The molecule has 0 aliphatic carbocycles. The molecule has 5 nitrogen and oxygen atoms in total. The van der Waals surface area contributed by atoms with E-state index in [1.54, 1.807) is 0 Å². The van der Waals surface area contributed by atoms with Gasteiger partial charge in [-0.3, -0.25) is 0 Å². The average molecular weight is 283 g/mol. The Labute approximate surface area is 100 Å². The number of hydrogen-bond donors (Lipinski definition) is 0. The van der Waals surface area contributed by atoms with Crippen molar-refractivity contribution < 1.29 is 21.9 Å². The van der Waals surface area contributed by atoms with Gasteiger partial charge < -0.3 is 4.74 Å². The second-order valence-electron chi connectivity index (χ2n) is 2.78. The minimum absolute atomic E-state index is 0.499. The molecule has 0 bridgehead atoms. The molecule has 0 atom stereocenters. The van der Waals surface area contributed by atoms with Crippen LogP contribution >= 0.6 is 10.7 Å². The summed E-state index contributed by atoms with van der Waals surface area (Å²) in [5, 5.41) is 8.74. The smallest absolute Gasteiger partial charge is 0.268 e. The maximum absolute atomic E-state index is 12.5. The van der Waals surface area contributed by atoms with E-state index in [1.165, 1.54) is 6.07 Å². The zero-order valence-electron chi connectivity index (χ0n) is 8.32. The summed E-state index contributed by atoms with van der Waals surface area (Å²) in [4.78, 5) is 2.53. The highest BCUT2D eigenvalue weighted by molar-refractivity contribution is 8.13. The molecule has 0 fully saturated rings. The van der Waals surface area contributed by atoms with Gasteiger partial charge in [0.2, 0.25) is 5.88 Å². The minimum Gasteiger partial charge on any atom is -0.480 e. The quantitative estimate of drug-likeness (QED) is 0.790. The number of rotatable bonds is 3. The topological polar surface area (TPSA) is 80.0 Å². The summed E-state index contributed by atoms with van der Waals surface area (Å²) in [5.74, 6) is -0.499. The van der Waals surface area contributed by atoms with Crippen molar-refractivity contribution in [1.29, 1.82) is 5.26 Å². The van der Waals surface area contributed by atoms with Crippen LogP contribution in [0.5, 0.6) is 5.88 Å². The highest BCUT2D eigenvalue weighted by Gasteiger charge is 2.28. The SMILES string of the molecule is COc1ncc(C(F)F)c(C#N)c1S(=O)(=O)Cl. The number of nitrogens with zero attached hydrogens (tertiary/aromatic N) is 2. The summed E-state index contributed by atoms with van der Waals surface area (Å²) in [5.41, 5.74) is -1.57. The van der Waals surface area contributed by atoms with Gasteiger partial charge in [0.15, 0.2) is 4.90 Å². The van der Waals surface area contributed by atoms with Gasteiger partial charge in [-0.15, -0.1) is 0 Å².